The van der Waals surface area contributed by atoms with E-state index in [0.717, 1.165) is 52.0 Å². The zero-order valence-electron chi connectivity index (χ0n) is 17.7. The van der Waals surface area contributed by atoms with Gasteiger partial charge in [0.15, 0.2) is 10.8 Å². The van der Waals surface area contributed by atoms with Gasteiger partial charge in [-0.1, -0.05) is 49.0 Å². The molecule has 3 heterocycles. The van der Waals surface area contributed by atoms with Gasteiger partial charge in [0.05, 0.1) is 11.1 Å². The van der Waals surface area contributed by atoms with Crippen LogP contribution in [0, 0.1) is 12.8 Å². The number of carbonyl (C=O) groups excluding carboxylic acids is 1. The van der Waals surface area contributed by atoms with Crippen molar-refractivity contribution in [2.24, 2.45) is 5.92 Å². The van der Waals surface area contributed by atoms with Crippen LogP contribution >= 0.6 is 23.1 Å². The van der Waals surface area contributed by atoms with Crippen molar-refractivity contribution in [1.82, 2.24) is 24.9 Å². The molecule has 0 unspecified atom stereocenters. The Kier molecular flexibility index (Phi) is 5.67. The maximum atomic E-state index is 12.3. The van der Waals surface area contributed by atoms with E-state index in [1.54, 1.807) is 11.3 Å². The van der Waals surface area contributed by atoms with Crippen LogP contribution in [0.5, 0.6) is 0 Å². The van der Waals surface area contributed by atoms with E-state index in [2.05, 4.69) is 34.6 Å². The molecule has 31 heavy (non-hydrogen) atoms. The number of hydrogen-bond acceptors (Lipinski definition) is 6. The molecule has 1 aliphatic carbocycles. The van der Waals surface area contributed by atoms with E-state index in [4.69, 9.17) is 4.98 Å². The molecule has 0 saturated carbocycles. The number of hydrogen-bond donors (Lipinski definition) is 1. The Labute approximate surface area is 189 Å². The summed E-state index contributed by atoms with van der Waals surface area (Å²) in [5.41, 5.74) is 3.50. The minimum absolute atomic E-state index is 0.00581. The van der Waals surface area contributed by atoms with Gasteiger partial charge in [-0.25, -0.2) is 4.98 Å². The summed E-state index contributed by atoms with van der Waals surface area (Å²) in [5.74, 6) is 1.91. The molecule has 0 spiro atoms. The third-order valence-corrected chi connectivity index (χ3v) is 7.93. The van der Waals surface area contributed by atoms with Crippen LogP contribution in [-0.2, 0) is 24.1 Å². The molecule has 5 rings (SSSR count). The summed E-state index contributed by atoms with van der Waals surface area (Å²) >= 11 is 3.22. The standard InChI is InChI=1S/C23H25N5OS2/c1-14-8-9-17-18(12-14)31-22-20(17)21-26-27-23(28(21)15(2)25-22)30-13-19(29)24-11-10-16-6-4-3-5-7-16/h3-7,14H,8-13H2,1-2H3,(H,24,29)/t14-/m1/s1. The molecule has 1 N–H and O–H groups in total. The van der Waals surface area contributed by atoms with Crippen LogP contribution in [0.1, 0.15) is 35.2 Å². The molecule has 0 radical (unpaired) electrons. The quantitative estimate of drug-likeness (QED) is 0.444. The summed E-state index contributed by atoms with van der Waals surface area (Å²) in [4.78, 5) is 19.7. The van der Waals surface area contributed by atoms with E-state index in [0.29, 0.717) is 12.3 Å². The van der Waals surface area contributed by atoms with E-state index in [1.807, 2.05) is 29.5 Å². The molecule has 1 aromatic carbocycles. The van der Waals surface area contributed by atoms with Gasteiger partial charge in [-0.15, -0.1) is 21.5 Å². The average Bonchev–Trinajstić information content (AvgIpc) is 3.34. The first kappa shape index (κ1) is 20.5. The van der Waals surface area contributed by atoms with Crippen LogP contribution in [-0.4, -0.2) is 37.8 Å². The van der Waals surface area contributed by atoms with E-state index in [-0.39, 0.29) is 5.91 Å². The highest BCUT2D eigenvalue weighted by Crippen LogP contribution is 2.39. The highest BCUT2D eigenvalue weighted by molar-refractivity contribution is 7.99. The first-order chi connectivity index (χ1) is 15.1. The van der Waals surface area contributed by atoms with Crippen molar-refractivity contribution in [1.29, 1.82) is 0 Å². The van der Waals surface area contributed by atoms with Gasteiger partial charge in [-0.2, -0.15) is 0 Å². The van der Waals surface area contributed by atoms with Crippen molar-refractivity contribution in [2.75, 3.05) is 12.3 Å². The van der Waals surface area contributed by atoms with Crippen molar-refractivity contribution in [3.63, 3.8) is 0 Å². The molecule has 8 heteroatoms. The molecule has 0 saturated heterocycles. The summed E-state index contributed by atoms with van der Waals surface area (Å²) in [6.45, 7) is 4.93. The molecule has 0 bridgehead atoms. The van der Waals surface area contributed by atoms with Crippen LogP contribution in [0.3, 0.4) is 0 Å². The zero-order valence-corrected chi connectivity index (χ0v) is 19.4. The van der Waals surface area contributed by atoms with E-state index in [1.165, 1.54) is 34.2 Å². The molecular weight excluding hydrogens is 426 g/mol. The number of thiophene rings is 1. The molecule has 1 amide bonds. The topological polar surface area (TPSA) is 72.2 Å². The maximum absolute atomic E-state index is 12.3. The van der Waals surface area contributed by atoms with Gasteiger partial charge in [0, 0.05) is 11.4 Å². The van der Waals surface area contributed by atoms with Crippen molar-refractivity contribution in [2.45, 2.75) is 44.7 Å². The molecule has 3 aromatic heterocycles. The summed E-state index contributed by atoms with van der Waals surface area (Å²) in [7, 11) is 0. The van der Waals surface area contributed by atoms with Crippen molar-refractivity contribution < 1.29 is 4.79 Å². The largest absolute Gasteiger partial charge is 0.355 e. The summed E-state index contributed by atoms with van der Waals surface area (Å²) < 4.78 is 2.01. The van der Waals surface area contributed by atoms with Gasteiger partial charge in [-0.05, 0) is 49.7 Å². The third-order valence-electron chi connectivity index (χ3n) is 5.85. The number of nitrogens with zero attached hydrogens (tertiary/aromatic N) is 4. The first-order valence-corrected chi connectivity index (χ1v) is 12.5. The normalized spacial score (nSPS) is 16.0. The lowest BCUT2D eigenvalue weighted by Gasteiger charge is -2.17. The average molecular weight is 452 g/mol. The molecular formula is C23H25N5OS2. The molecule has 160 valence electrons. The Morgan fingerprint density at radius 2 is 2.13 bits per heavy atom. The van der Waals surface area contributed by atoms with Crippen molar-refractivity contribution in [3.05, 3.63) is 52.2 Å². The van der Waals surface area contributed by atoms with Crippen LogP contribution in [0.15, 0.2) is 35.5 Å². The maximum Gasteiger partial charge on any atom is 0.230 e. The van der Waals surface area contributed by atoms with Crippen molar-refractivity contribution in [3.8, 4) is 0 Å². The van der Waals surface area contributed by atoms with E-state index < -0.39 is 0 Å². The van der Waals surface area contributed by atoms with Gasteiger partial charge < -0.3 is 5.32 Å². The second-order valence-electron chi connectivity index (χ2n) is 8.21. The second kappa shape index (κ2) is 8.59. The monoisotopic (exact) mass is 451 g/mol. The summed E-state index contributed by atoms with van der Waals surface area (Å²) in [6.07, 6.45) is 4.24. The van der Waals surface area contributed by atoms with Gasteiger partial charge in [0.25, 0.3) is 0 Å². The fourth-order valence-corrected chi connectivity index (χ4v) is 6.46. The van der Waals surface area contributed by atoms with E-state index >= 15 is 0 Å². The minimum Gasteiger partial charge on any atom is -0.355 e. The molecule has 0 fully saturated rings. The third kappa shape index (κ3) is 4.06. The number of aromatic nitrogens is 4. The first-order valence-electron chi connectivity index (χ1n) is 10.7. The fraction of sp³-hybridized carbons (Fsp3) is 0.391. The number of rotatable bonds is 6. The van der Waals surface area contributed by atoms with Gasteiger partial charge >= 0.3 is 0 Å². The van der Waals surface area contributed by atoms with Crippen LogP contribution in [0.2, 0.25) is 0 Å². The second-order valence-corrected chi connectivity index (χ2v) is 10.2. The van der Waals surface area contributed by atoms with Crippen LogP contribution < -0.4 is 5.32 Å². The van der Waals surface area contributed by atoms with E-state index in [9.17, 15) is 4.79 Å². The summed E-state index contributed by atoms with van der Waals surface area (Å²) in [5, 5.41) is 13.8. The van der Waals surface area contributed by atoms with Gasteiger partial charge in [0.2, 0.25) is 5.91 Å². The predicted octanol–water partition coefficient (Wildman–Crippen LogP) is 4.22. The van der Waals surface area contributed by atoms with Gasteiger partial charge in [-0.3, -0.25) is 9.20 Å². The number of aryl methyl sites for hydroxylation is 2. The Balaban J connectivity index is 1.31. The minimum atomic E-state index is 0.00581. The number of benzene rings is 1. The highest BCUT2D eigenvalue weighted by atomic mass is 32.2. The Morgan fingerprint density at radius 1 is 1.29 bits per heavy atom. The number of thioether (sulfide) groups is 1. The summed E-state index contributed by atoms with van der Waals surface area (Å²) in [6, 6.07) is 10.2. The Bertz CT molecular complexity index is 1250. The lowest BCUT2D eigenvalue weighted by Crippen LogP contribution is -2.27. The molecule has 1 aliphatic rings. The Morgan fingerprint density at radius 3 is 2.97 bits per heavy atom. The lowest BCUT2D eigenvalue weighted by atomic mass is 9.89. The number of amides is 1. The molecule has 6 nitrogen and oxygen atoms in total. The molecule has 4 aromatic rings. The SMILES string of the molecule is Cc1nc2sc3c(c2c2nnc(SCC(=O)NCCc4ccccc4)n12)CC[C@@H](C)C3. The predicted molar refractivity (Wildman–Crippen MR) is 126 cm³/mol. The zero-order chi connectivity index (χ0) is 21.4. The molecule has 1 atom stereocenters. The smallest absolute Gasteiger partial charge is 0.230 e. The number of fused-ring (bicyclic) bond motifs is 5. The van der Waals surface area contributed by atoms with Crippen molar-refractivity contribution >= 4 is 44.9 Å². The fourth-order valence-electron chi connectivity index (χ4n) is 4.23. The lowest BCUT2D eigenvalue weighted by molar-refractivity contribution is -0.118. The van der Waals surface area contributed by atoms with Crippen LogP contribution in [0.25, 0.3) is 15.9 Å². The number of nitrogens with one attached hydrogen (secondary N) is 1. The Hall–Kier alpha value is -2.45. The number of carbonyl (C=O) groups is 1. The molecule has 0 aliphatic heterocycles. The van der Waals surface area contributed by atoms with Crippen LogP contribution in [0.4, 0.5) is 0 Å². The highest BCUT2D eigenvalue weighted by Gasteiger charge is 2.25. The van der Waals surface area contributed by atoms with Gasteiger partial charge in [0.1, 0.15) is 10.7 Å².